The van der Waals surface area contributed by atoms with E-state index in [0.717, 1.165) is 0 Å². The molecular formula is C2HF6NO. The highest BCUT2D eigenvalue weighted by atomic mass is 19.4. The van der Waals surface area contributed by atoms with E-state index in [1.165, 1.54) is 0 Å². The molecule has 0 aromatic heterocycles. The Balaban J connectivity index is 3.56. The highest BCUT2D eigenvalue weighted by Gasteiger charge is 2.37. The van der Waals surface area contributed by atoms with Gasteiger partial charge in [0.25, 0.3) is 0 Å². The quantitative estimate of drug-likeness (QED) is 0.365. The van der Waals surface area contributed by atoms with Crippen LogP contribution in [0, 0.1) is 0 Å². The molecule has 0 bridgehead atoms. The van der Waals surface area contributed by atoms with Crippen LogP contribution < -0.4 is 5.48 Å². The maximum absolute atomic E-state index is 10.8. The Bertz CT molecular complexity index is 89.3. The van der Waals surface area contributed by atoms with Gasteiger partial charge in [0.1, 0.15) is 0 Å². The molecule has 0 aliphatic heterocycles. The largest absolute Gasteiger partial charge is 0.539 e. The van der Waals surface area contributed by atoms with E-state index < -0.39 is 12.7 Å². The molecule has 62 valence electrons. The Kier molecular flexibility index (Phi) is 2.49. The summed E-state index contributed by atoms with van der Waals surface area (Å²) in [6.07, 6.45) is -10.5. The van der Waals surface area contributed by atoms with Crippen LogP contribution >= 0.6 is 0 Å². The van der Waals surface area contributed by atoms with Gasteiger partial charge in [-0.1, -0.05) is 5.48 Å². The Morgan fingerprint density at radius 3 is 1.40 bits per heavy atom. The summed E-state index contributed by atoms with van der Waals surface area (Å²) in [4.78, 5) is 2.22. The van der Waals surface area contributed by atoms with Gasteiger partial charge in [0.05, 0.1) is 0 Å². The minimum absolute atomic E-state index is 0.163. The standard InChI is InChI=1S/C2HF6NO/c3-1(4,5)9-10-2(6,7)8/h9H. The molecule has 0 aromatic carbocycles. The van der Waals surface area contributed by atoms with Crippen molar-refractivity contribution in [3.63, 3.8) is 0 Å². The van der Waals surface area contributed by atoms with Crippen LogP contribution in [-0.2, 0) is 4.84 Å². The number of rotatable bonds is 1. The third kappa shape index (κ3) is 7.50. The van der Waals surface area contributed by atoms with Crippen LogP contribution in [0.15, 0.2) is 0 Å². The van der Waals surface area contributed by atoms with E-state index in [1.807, 2.05) is 0 Å². The molecule has 0 amide bonds. The minimum Gasteiger partial charge on any atom is -0.195 e. The van der Waals surface area contributed by atoms with Crippen molar-refractivity contribution in [1.82, 2.24) is 5.48 Å². The first kappa shape index (κ1) is 9.50. The smallest absolute Gasteiger partial charge is 0.195 e. The molecule has 0 saturated carbocycles. The zero-order chi connectivity index (χ0) is 8.41. The normalized spacial score (nSPS) is 13.8. The molecule has 0 heterocycles. The summed E-state index contributed by atoms with van der Waals surface area (Å²) >= 11 is 0. The highest BCUT2D eigenvalue weighted by molar-refractivity contribution is 4.32. The van der Waals surface area contributed by atoms with E-state index in [9.17, 15) is 26.3 Å². The molecule has 10 heavy (non-hydrogen) atoms. The lowest BCUT2D eigenvalue weighted by atomic mass is 11.2. The fraction of sp³-hybridized carbons (Fsp3) is 1.00. The minimum atomic E-state index is -5.32. The Morgan fingerprint density at radius 2 is 1.30 bits per heavy atom. The summed E-state index contributed by atoms with van der Waals surface area (Å²) < 4.78 is 65.0. The van der Waals surface area contributed by atoms with Crippen molar-refractivity contribution in [2.24, 2.45) is 0 Å². The molecule has 8 heteroatoms. The summed E-state index contributed by atoms with van der Waals surface area (Å²) in [6, 6.07) is 0. The van der Waals surface area contributed by atoms with Gasteiger partial charge >= 0.3 is 12.7 Å². The van der Waals surface area contributed by atoms with E-state index in [-0.39, 0.29) is 5.48 Å². The van der Waals surface area contributed by atoms with Crippen molar-refractivity contribution in [3.8, 4) is 0 Å². The lowest BCUT2D eigenvalue weighted by Gasteiger charge is -2.09. The van der Waals surface area contributed by atoms with Crippen molar-refractivity contribution in [3.05, 3.63) is 0 Å². The summed E-state index contributed by atoms with van der Waals surface area (Å²) in [5.41, 5.74) is -0.163. The predicted molar refractivity (Wildman–Crippen MR) is 16.3 cm³/mol. The van der Waals surface area contributed by atoms with E-state index in [0.29, 0.717) is 0 Å². The average Bonchev–Trinajstić information content (AvgIpc) is 1.57. The molecule has 0 saturated heterocycles. The molecule has 0 aliphatic rings. The van der Waals surface area contributed by atoms with Gasteiger partial charge in [-0.15, -0.1) is 13.2 Å². The number of halogens is 6. The van der Waals surface area contributed by atoms with Gasteiger partial charge in [-0.25, -0.2) is 0 Å². The number of nitrogens with one attached hydrogen (secondary N) is 1. The third-order valence-electron chi connectivity index (χ3n) is 0.282. The molecule has 0 spiro atoms. The molecule has 0 aliphatic carbocycles. The summed E-state index contributed by atoms with van der Waals surface area (Å²) in [5.74, 6) is 0. The fourth-order valence-corrected chi connectivity index (χ4v) is 0.116. The van der Waals surface area contributed by atoms with Gasteiger partial charge in [0.2, 0.25) is 0 Å². The summed E-state index contributed by atoms with van der Waals surface area (Å²) in [7, 11) is 0. The monoisotopic (exact) mass is 169 g/mol. The first-order valence-electron chi connectivity index (χ1n) is 1.79. The second-order valence-electron chi connectivity index (χ2n) is 1.15. The van der Waals surface area contributed by atoms with Crippen molar-refractivity contribution >= 4 is 0 Å². The van der Waals surface area contributed by atoms with E-state index >= 15 is 0 Å². The number of hydroxylamine groups is 1. The summed E-state index contributed by atoms with van der Waals surface area (Å²) in [5, 5.41) is 0. The van der Waals surface area contributed by atoms with Gasteiger partial charge in [-0.05, 0) is 0 Å². The van der Waals surface area contributed by atoms with Crippen LogP contribution in [0.1, 0.15) is 0 Å². The van der Waals surface area contributed by atoms with Crippen LogP contribution in [-0.4, -0.2) is 12.7 Å². The SMILES string of the molecule is FC(F)(F)NOC(F)(F)F. The third-order valence-corrected chi connectivity index (χ3v) is 0.282. The number of alkyl halides is 6. The van der Waals surface area contributed by atoms with Crippen molar-refractivity contribution < 1.29 is 31.2 Å². The lowest BCUT2D eigenvalue weighted by molar-refractivity contribution is -0.394. The topological polar surface area (TPSA) is 21.3 Å². The van der Waals surface area contributed by atoms with E-state index in [1.54, 1.807) is 0 Å². The van der Waals surface area contributed by atoms with Crippen LogP contribution in [0.2, 0.25) is 0 Å². The van der Waals surface area contributed by atoms with E-state index in [4.69, 9.17) is 0 Å². The maximum atomic E-state index is 10.8. The molecular weight excluding hydrogens is 168 g/mol. The number of hydrogen-bond acceptors (Lipinski definition) is 2. The van der Waals surface area contributed by atoms with Crippen molar-refractivity contribution in [2.45, 2.75) is 12.7 Å². The zero-order valence-corrected chi connectivity index (χ0v) is 4.18. The van der Waals surface area contributed by atoms with E-state index in [2.05, 4.69) is 4.84 Å². The van der Waals surface area contributed by atoms with Crippen LogP contribution in [0.5, 0.6) is 0 Å². The Morgan fingerprint density at radius 1 is 0.900 bits per heavy atom. The predicted octanol–water partition coefficient (Wildman–Crippen LogP) is 1.55. The molecule has 0 radical (unpaired) electrons. The second-order valence-corrected chi connectivity index (χ2v) is 1.15. The molecule has 0 rings (SSSR count). The molecule has 0 atom stereocenters. The molecule has 2 nitrogen and oxygen atoms in total. The first-order valence-corrected chi connectivity index (χ1v) is 1.79. The zero-order valence-electron chi connectivity index (χ0n) is 4.18. The van der Waals surface area contributed by atoms with Crippen molar-refractivity contribution in [2.75, 3.05) is 0 Å². The molecule has 1 N–H and O–H groups in total. The van der Waals surface area contributed by atoms with Gasteiger partial charge in [0, 0.05) is 0 Å². The Labute approximate surface area is 50.7 Å². The van der Waals surface area contributed by atoms with Crippen molar-refractivity contribution in [1.29, 1.82) is 0 Å². The van der Waals surface area contributed by atoms with Gasteiger partial charge in [-0.2, -0.15) is 18.0 Å². The van der Waals surface area contributed by atoms with Crippen LogP contribution in [0.3, 0.4) is 0 Å². The van der Waals surface area contributed by atoms with Crippen LogP contribution in [0.25, 0.3) is 0 Å². The first-order chi connectivity index (χ1) is 4.21. The lowest BCUT2D eigenvalue weighted by Crippen LogP contribution is -2.36. The van der Waals surface area contributed by atoms with Crippen LogP contribution in [0.4, 0.5) is 26.3 Å². The molecule has 0 fully saturated rings. The summed E-state index contributed by atoms with van der Waals surface area (Å²) in [6.45, 7) is 0. The average molecular weight is 169 g/mol. The van der Waals surface area contributed by atoms with Gasteiger partial charge in [-0.3, -0.25) is 0 Å². The highest BCUT2D eigenvalue weighted by Crippen LogP contribution is 2.18. The maximum Gasteiger partial charge on any atom is 0.539 e. The van der Waals surface area contributed by atoms with Gasteiger partial charge < -0.3 is 0 Å². The molecule has 0 aromatic rings. The van der Waals surface area contributed by atoms with Gasteiger partial charge in [0.15, 0.2) is 0 Å². The molecule has 0 unspecified atom stereocenters. The number of hydrogen-bond donors (Lipinski definition) is 1. The second kappa shape index (κ2) is 2.62. The fourth-order valence-electron chi connectivity index (χ4n) is 0.116. The Hall–Kier alpha value is -0.500.